The zero-order chi connectivity index (χ0) is 25.3. The Morgan fingerprint density at radius 3 is 2.66 bits per heavy atom. The monoisotopic (exact) mass is 486 g/mol. The molecule has 2 aliphatic heterocycles. The molecule has 10 heteroatoms. The third-order valence-corrected chi connectivity index (χ3v) is 6.28. The first-order valence-electron chi connectivity index (χ1n) is 11.7. The van der Waals surface area contributed by atoms with Crippen LogP contribution in [0.1, 0.15) is 59.0 Å². The fourth-order valence-corrected chi connectivity index (χ4v) is 4.14. The summed E-state index contributed by atoms with van der Waals surface area (Å²) < 4.78 is 20.0. The lowest BCUT2D eigenvalue weighted by atomic mass is 10.0. The zero-order valence-electron chi connectivity index (χ0n) is 20.1. The minimum absolute atomic E-state index is 0.153. The van der Waals surface area contributed by atoms with E-state index < -0.39 is 23.8 Å². The Bertz CT molecular complexity index is 1110. The number of carbonyl (C=O) groups is 2. The number of alkyl halides is 1. The SMILES string of the molecule is C[C@H](O)c1cccc(C(=O)Nc2cc3c(cc2N2CCOCC2)C(=O)N(C[C@@H](F)C(C)(C)O)C3)n1. The minimum atomic E-state index is -1.61. The predicted molar refractivity (Wildman–Crippen MR) is 128 cm³/mol. The van der Waals surface area contributed by atoms with Crippen LogP contribution < -0.4 is 10.2 Å². The van der Waals surface area contributed by atoms with Crippen LogP contribution in [0.15, 0.2) is 30.3 Å². The largest absolute Gasteiger partial charge is 0.387 e. The third-order valence-electron chi connectivity index (χ3n) is 6.28. The van der Waals surface area contributed by atoms with Gasteiger partial charge in [0.1, 0.15) is 11.9 Å². The molecule has 0 bridgehead atoms. The number of hydrogen-bond donors (Lipinski definition) is 3. The molecule has 1 aromatic heterocycles. The number of amides is 2. The van der Waals surface area contributed by atoms with E-state index >= 15 is 0 Å². The summed E-state index contributed by atoms with van der Waals surface area (Å²) in [6, 6.07) is 8.33. The molecule has 3 heterocycles. The number of rotatable bonds is 7. The number of anilines is 2. The topological polar surface area (TPSA) is 115 Å². The fourth-order valence-electron chi connectivity index (χ4n) is 4.14. The van der Waals surface area contributed by atoms with Crippen LogP contribution in [0.25, 0.3) is 0 Å². The number of aliphatic hydroxyl groups excluding tert-OH is 1. The van der Waals surface area contributed by atoms with Gasteiger partial charge in [-0.1, -0.05) is 6.07 Å². The molecule has 0 radical (unpaired) electrons. The second kappa shape index (κ2) is 9.88. The molecule has 0 aliphatic carbocycles. The van der Waals surface area contributed by atoms with Crippen molar-refractivity contribution in [1.82, 2.24) is 9.88 Å². The number of benzene rings is 1. The summed E-state index contributed by atoms with van der Waals surface area (Å²) in [5.41, 5.74) is 1.25. The first-order valence-corrected chi connectivity index (χ1v) is 11.7. The number of hydrogen-bond acceptors (Lipinski definition) is 7. The van der Waals surface area contributed by atoms with Gasteiger partial charge in [-0.15, -0.1) is 0 Å². The summed E-state index contributed by atoms with van der Waals surface area (Å²) in [4.78, 5) is 33.8. The molecule has 1 fully saturated rings. The minimum Gasteiger partial charge on any atom is -0.387 e. The van der Waals surface area contributed by atoms with E-state index in [9.17, 15) is 24.2 Å². The molecule has 2 amide bonds. The van der Waals surface area contributed by atoms with E-state index in [0.29, 0.717) is 54.5 Å². The number of aromatic nitrogens is 1. The lowest BCUT2D eigenvalue weighted by molar-refractivity contribution is -0.0159. The normalized spacial score (nSPS) is 17.8. The van der Waals surface area contributed by atoms with Crippen molar-refractivity contribution in [3.63, 3.8) is 0 Å². The van der Waals surface area contributed by atoms with Crippen LogP contribution in [-0.4, -0.2) is 76.5 Å². The molecule has 9 nitrogen and oxygen atoms in total. The molecule has 3 N–H and O–H groups in total. The van der Waals surface area contributed by atoms with Crippen molar-refractivity contribution >= 4 is 23.2 Å². The van der Waals surface area contributed by atoms with Gasteiger partial charge in [-0.05, 0) is 50.6 Å². The Balaban J connectivity index is 1.65. The average Bonchev–Trinajstić information content (AvgIpc) is 3.12. The van der Waals surface area contributed by atoms with E-state index in [2.05, 4.69) is 10.3 Å². The fraction of sp³-hybridized carbons (Fsp3) is 0.480. The van der Waals surface area contributed by atoms with Gasteiger partial charge in [-0.25, -0.2) is 9.37 Å². The molecule has 0 unspecified atom stereocenters. The van der Waals surface area contributed by atoms with E-state index in [-0.39, 0.29) is 24.7 Å². The van der Waals surface area contributed by atoms with Crippen molar-refractivity contribution < 1.29 is 28.9 Å². The van der Waals surface area contributed by atoms with Crippen LogP contribution in [-0.2, 0) is 11.3 Å². The van der Waals surface area contributed by atoms with Gasteiger partial charge in [-0.2, -0.15) is 0 Å². The number of pyridine rings is 1. The van der Waals surface area contributed by atoms with E-state index in [4.69, 9.17) is 4.74 Å². The Kier molecular flexibility index (Phi) is 7.07. The van der Waals surface area contributed by atoms with Crippen LogP contribution in [0.4, 0.5) is 15.8 Å². The second-order valence-electron chi connectivity index (χ2n) is 9.51. The van der Waals surface area contributed by atoms with Crippen molar-refractivity contribution in [2.24, 2.45) is 0 Å². The standard InChI is InChI=1S/C25H31FN4O5/c1-15(31)18-5-4-6-19(27-18)23(32)28-20-11-16-13-30(14-22(26)25(2,3)34)24(33)17(16)12-21(20)29-7-9-35-10-8-29/h4-6,11-12,15,22,31,34H,7-10,13-14H2,1-3H3,(H,28,32)/t15-,22+/m0/s1. The molecule has 1 saturated heterocycles. The molecule has 2 atom stereocenters. The molecule has 0 saturated carbocycles. The van der Waals surface area contributed by atoms with Gasteiger partial charge in [0, 0.05) is 25.2 Å². The van der Waals surface area contributed by atoms with E-state index in [1.54, 1.807) is 37.3 Å². The van der Waals surface area contributed by atoms with Crippen LogP contribution in [0.2, 0.25) is 0 Å². The first kappa shape index (κ1) is 25.0. The maximum atomic E-state index is 14.5. The van der Waals surface area contributed by atoms with Crippen molar-refractivity contribution in [3.8, 4) is 0 Å². The highest BCUT2D eigenvalue weighted by atomic mass is 19.1. The maximum absolute atomic E-state index is 14.5. The van der Waals surface area contributed by atoms with E-state index in [1.165, 1.54) is 18.7 Å². The second-order valence-corrected chi connectivity index (χ2v) is 9.51. The van der Waals surface area contributed by atoms with Crippen LogP contribution in [0.3, 0.4) is 0 Å². The zero-order valence-corrected chi connectivity index (χ0v) is 20.1. The van der Waals surface area contributed by atoms with Gasteiger partial charge in [0.05, 0.1) is 48.5 Å². The number of ether oxygens (including phenoxy) is 1. The van der Waals surface area contributed by atoms with Gasteiger partial charge in [0.2, 0.25) is 0 Å². The molecule has 188 valence electrons. The number of aliphatic hydroxyl groups is 2. The predicted octanol–water partition coefficient (Wildman–Crippen LogP) is 2.29. The van der Waals surface area contributed by atoms with Gasteiger partial charge < -0.3 is 30.1 Å². The van der Waals surface area contributed by atoms with Crippen molar-refractivity contribution in [1.29, 1.82) is 0 Å². The van der Waals surface area contributed by atoms with Crippen LogP contribution in [0.5, 0.6) is 0 Å². The summed E-state index contributed by atoms with van der Waals surface area (Å²) in [6.07, 6.45) is -2.42. The Morgan fingerprint density at radius 2 is 2.00 bits per heavy atom. The highest BCUT2D eigenvalue weighted by Crippen LogP contribution is 2.35. The highest BCUT2D eigenvalue weighted by Gasteiger charge is 2.35. The number of nitrogens with one attached hydrogen (secondary N) is 1. The molecular formula is C25H31FN4O5. The number of fused-ring (bicyclic) bond motifs is 1. The molecule has 2 aromatic rings. The number of halogens is 1. The van der Waals surface area contributed by atoms with Gasteiger partial charge in [-0.3, -0.25) is 9.59 Å². The smallest absolute Gasteiger partial charge is 0.274 e. The van der Waals surface area contributed by atoms with Gasteiger partial charge >= 0.3 is 0 Å². The lowest BCUT2D eigenvalue weighted by Crippen LogP contribution is -2.42. The Hall–Kier alpha value is -3.08. The summed E-state index contributed by atoms with van der Waals surface area (Å²) in [6.45, 7) is 6.45. The molecular weight excluding hydrogens is 455 g/mol. The van der Waals surface area contributed by atoms with Crippen LogP contribution in [0, 0.1) is 0 Å². The Morgan fingerprint density at radius 1 is 1.29 bits per heavy atom. The molecule has 1 aromatic carbocycles. The van der Waals surface area contributed by atoms with E-state index in [0.717, 1.165) is 0 Å². The summed E-state index contributed by atoms with van der Waals surface area (Å²) in [5, 5.41) is 22.7. The van der Waals surface area contributed by atoms with Crippen LogP contribution >= 0.6 is 0 Å². The molecule has 35 heavy (non-hydrogen) atoms. The van der Waals surface area contributed by atoms with Crippen molar-refractivity contribution in [2.75, 3.05) is 43.1 Å². The molecule has 2 aliphatic rings. The number of morpholine rings is 1. The summed E-state index contributed by atoms with van der Waals surface area (Å²) in [5.74, 6) is -0.764. The quantitative estimate of drug-likeness (QED) is 0.550. The number of carbonyl (C=O) groups excluding carboxylic acids is 2. The third kappa shape index (κ3) is 5.44. The van der Waals surface area contributed by atoms with E-state index in [1.807, 2.05) is 4.90 Å². The van der Waals surface area contributed by atoms with Crippen molar-refractivity contribution in [3.05, 3.63) is 52.8 Å². The summed E-state index contributed by atoms with van der Waals surface area (Å²) >= 11 is 0. The Labute approximate surface area is 203 Å². The lowest BCUT2D eigenvalue weighted by Gasteiger charge is -2.31. The molecule has 4 rings (SSSR count). The summed E-state index contributed by atoms with van der Waals surface area (Å²) in [7, 11) is 0. The first-order chi connectivity index (χ1) is 16.5. The average molecular weight is 487 g/mol. The van der Waals surface area contributed by atoms with Gasteiger partial charge in [0.15, 0.2) is 0 Å². The van der Waals surface area contributed by atoms with Crippen molar-refractivity contribution in [2.45, 2.75) is 45.2 Å². The maximum Gasteiger partial charge on any atom is 0.274 e. The number of nitrogens with zero attached hydrogens (tertiary/aromatic N) is 3. The highest BCUT2D eigenvalue weighted by molar-refractivity contribution is 6.07. The molecule has 0 spiro atoms. The van der Waals surface area contributed by atoms with Gasteiger partial charge in [0.25, 0.3) is 11.8 Å².